The van der Waals surface area contributed by atoms with Crippen LogP contribution in [0.4, 0.5) is 0 Å². The van der Waals surface area contributed by atoms with Crippen LogP contribution in [0.3, 0.4) is 0 Å². The lowest BCUT2D eigenvalue weighted by atomic mass is 10.0. The minimum atomic E-state index is -0.0335. The van der Waals surface area contributed by atoms with E-state index in [4.69, 9.17) is 35.4 Å². The van der Waals surface area contributed by atoms with E-state index in [0.717, 1.165) is 18.4 Å². The smallest absolute Gasteiger partial charge is 0.0692 e. The number of nitrogens with one attached hydrogen (secondary N) is 1. The Bertz CT molecular complexity index is 406. The predicted octanol–water partition coefficient (Wildman–Crippen LogP) is 3.38. The second kappa shape index (κ2) is 7.66. The van der Waals surface area contributed by atoms with Crippen molar-refractivity contribution < 1.29 is 0 Å². The van der Waals surface area contributed by atoms with Crippen molar-refractivity contribution >= 4 is 23.2 Å². The van der Waals surface area contributed by atoms with E-state index in [9.17, 15) is 0 Å². The summed E-state index contributed by atoms with van der Waals surface area (Å²) in [7, 11) is 0. The lowest BCUT2D eigenvalue weighted by molar-refractivity contribution is 0.475. The molecule has 0 amide bonds. The molecule has 4 heteroatoms. The van der Waals surface area contributed by atoms with Crippen LogP contribution in [0.5, 0.6) is 0 Å². The first-order valence-corrected chi connectivity index (χ1v) is 6.74. The maximum atomic E-state index is 5.99. The van der Waals surface area contributed by atoms with Gasteiger partial charge in [-0.15, -0.1) is 6.42 Å². The van der Waals surface area contributed by atoms with Gasteiger partial charge in [0.15, 0.2) is 0 Å². The largest absolute Gasteiger partial charge is 0.329 e. The molecule has 0 fully saturated rings. The Labute approximate surface area is 119 Å². The molecule has 2 nitrogen and oxygen atoms in total. The Morgan fingerprint density at radius 1 is 1.33 bits per heavy atom. The van der Waals surface area contributed by atoms with Gasteiger partial charge in [0.25, 0.3) is 0 Å². The summed E-state index contributed by atoms with van der Waals surface area (Å²) < 4.78 is 0. The SMILES string of the molecule is C#CC(CCC)NC(CN)c1cc(Cl)cc(Cl)c1. The summed E-state index contributed by atoms with van der Waals surface area (Å²) in [4.78, 5) is 0. The molecule has 1 aromatic rings. The van der Waals surface area contributed by atoms with Gasteiger partial charge in [-0.05, 0) is 30.2 Å². The molecule has 18 heavy (non-hydrogen) atoms. The normalized spacial score (nSPS) is 13.9. The van der Waals surface area contributed by atoms with E-state index in [0.29, 0.717) is 16.6 Å². The predicted molar refractivity (Wildman–Crippen MR) is 78.9 cm³/mol. The minimum Gasteiger partial charge on any atom is -0.329 e. The zero-order chi connectivity index (χ0) is 13.5. The zero-order valence-corrected chi connectivity index (χ0v) is 11.9. The average molecular weight is 285 g/mol. The van der Waals surface area contributed by atoms with E-state index in [1.807, 2.05) is 12.1 Å². The fourth-order valence-corrected chi connectivity index (χ4v) is 2.37. The maximum Gasteiger partial charge on any atom is 0.0692 e. The first-order chi connectivity index (χ1) is 8.60. The van der Waals surface area contributed by atoms with Gasteiger partial charge in [0.2, 0.25) is 0 Å². The molecule has 0 radical (unpaired) electrons. The van der Waals surface area contributed by atoms with E-state index in [2.05, 4.69) is 18.2 Å². The molecule has 0 spiro atoms. The van der Waals surface area contributed by atoms with Crippen molar-refractivity contribution in [3.05, 3.63) is 33.8 Å². The Hall–Kier alpha value is -0.720. The molecular formula is C14H18Cl2N2. The summed E-state index contributed by atoms with van der Waals surface area (Å²) >= 11 is 12.0. The molecule has 1 rings (SSSR count). The van der Waals surface area contributed by atoms with Crippen molar-refractivity contribution in [2.45, 2.75) is 31.8 Å². The van der Waals surface area contributed by atoms with Crippen LogP contribution in [-0.4, -0.2) is 12.6 Å². The number of halogens is 2. The maximum absolute atomic E-state index is 5.99. The first kappa shape index (κ1) is 15.3. The first-order valence-electron chi connectivity index (χ1n) is 5.99. The molecule has 0 bridgehead atoms. The summed E-state index contributed by atoms with van der Waals surface area (Å²) in [5.41, 5.74) is 6.75. The molecule has 0 saturated heterocycles. The lowest BCUT2D eigenvalue weighted by Crippen LogP contribution is -2.35. The van der Waals surface area contributed by atoms with Crippen molar-refractivity contribution in [1.29, 1.82) is 0 Å². The number of nitrogens with two attached hydrogens (primary N) is 1. The third-order valence-corrected chi connectivity index (χ3v) is 3.14. The van der Waals surface area contributed by atoms with Gasteiger partial charge in [-0.2, -0.15) is 0 Å². The molecule has 0 saturated carbocycles. The highest BCUT2D eigenvalue weighted by atomic mass is 35.5. The standard InChI is InChI=1S/C14H18Cl2N2/c1-3-5-13(4-2)18-14(9-17)10-6-11(15)8-12(16)7-10/h2,6-8,13-14,18H,3,5,9,17H2,1H3. The Balaban J connectivity index is 2.85. The van der Waals surface area contributed by atoms with Gasteiger partial charge in [-0.3, -0.25) is 5.32 Å². The van der Waals surface area contributed by atoms with E-state index in [1.165, 1.54) is 0 Å². The Morgan fingerprint density at radius 3 is 2.39 bits per heavy atom. The van der Waals surface area contributed by atoms with Crippen LogP contribution in [0.25, 0.3) is 0 Å². The molecular weight excluding hydrogens is 267 g/mol. The summed E-state index contributed by atoms with van der Waals surface area (Å²) in [5, 5.41) is 4.55. The lowest BCUT2D eigenvalue weighted by Gasteiger charge is -2.22. The average Bonchev–Trinajstić information content (AvgIpc) is 2.33. The van der Waals surface area contributed by atoms with Gasteiger partial charge in [-0.25, -0.2) is 0 Å². The fourth-order valence-electron chi connectivity index (χ4n) is 1.82. The van der Waals surface area contributed by atoms with Crippen molar-refractivity contribution in [2.75, 3.05) is 6.54 Å². The van der Waals surface area contributed by atoms with Gasteiger partial charge in [-0.1, -0.05) is 42.5 Å². The molecule has 0 heterocycles. The molecule has 98 valence electrons. The van der Waals surface area contributed by atoms with Crippen LogP contribution in [-0.2, 0) is 0 Å². The van der Waals surface area contributed by atoms with Crippen molar-refractivity contribution in [3.63, 3.8) is 0 Å². The van der Waals surface area contributed by atoms with E-state index in [1.54, 1.807) is 6.07 Å². The summed E-state index contributed by atoms with van der Waals surface area (Å²) in [6.07, 6.45) is 7.44. The quantitative estimate of drug-likeness (QED) is 0.786. The topological polar surface area (TPSA) is 38.0 Å². The fraction of sp³-hybridized carbons (Fsp3) is 0.429. The number of benzene rings is 1. The van der Waals surface area contributed by atoms with Crippen LogP contribution in [0, 0.1) is 12.3 Å². The number of rotatable bonds is 6. The molecule has 0 aliphatic heterocycles. The Kier molecular flexibility index (Phi) is 6.52. The molecule has 3 N–H and O–H groups in total. The molecule has 1 aromatic carbocycles. The van der Waals surface area contributed by atoms with Gasteiger partial charge in [0.05, 0.1) is 6.04 Å². The van der Waals surface area contributed by atoms with Crippen molar-refractivity contribution in [2.24, 2.45) is 5.73 Å². The second-order valence-electron chi connectivity index (χ2n) is 4.17. The Morgan fingerprint density at radius 2 is 1.94 bits per heavy atom. The van der Waals surface area contributed by atoms with Crippen LogP contribution in [0.15, 0.2) is 18.2 Å². The van der Waals surface area contributed by atoms with E-state index in [-0.39, 0.29) is 12.1 Å². The molecule has 2 atom stereocenters. The van der Waals surface area contributed by atoms with E-state index >= 15 is 0 Å². The molecule has 0 aliphatic rings. The van der Waals surface area contributed by atoms with Gasteiger partial charge in [0.1, 0.15) is 0 Å². The second-order valence-corrected chi connectivity index (χ2v) is 5.04. The van der Waals surface area contributed by atoms with E-state index < -0.39 is 0 Å². The monoisotopic (exact) mass is 284 g/mol. The summed E-state index contributed by atoms with van der Waals surface area (Å²) in [5.74, 6) is 2.73. The van der Waals surface area contributed by atoms with Gasteiger partial charge in [0, 0.05) is 22.6 Å². The van der Waals surface area contributed by atoms with Gasteiger partial charge >= 0.3 is 0 Å². The molecule has 0 aromatic heterocycles. The summed E-state index contributed by atoms with van der Waals surface area (Å²) in [6.45, 7) is 2.54. The highest BCUT2D eigenvalue weighted by Crippen LogP contribution is 2.23. The number of terminal acetylenes is 1. The van der Waals surface area contributed by atoms with Crippen molar-refractivity contribution in [1.82, 2.24) is 5.32 Å². The van der Waals surface area contributed by atoms with Crippen LogP contribution >= 0.6 is 23.2 Å². The van der Waals surface area contributed by atoms with Crippen molar-refractivity contribution in [3.8, 4) is 12.3 Å². The highest BCUT2D eigenvalue weighted by Gasteiger charge is 2.14. The molecule has 2 unspecified atom stereocenters. The van der Waals surface area contributed by atoms with Crippen LogP contribution < -0.4 is 11.1 Å². The minimum absolute atomic E-state index is 0.0151. The van der Waals surface area contributed by atoms with Crippen LogP contribution in [0.2, 0.25) is 10.0 Å². The number of hydrogen-bond donors (Lipinski definition) is 2. The highest BCUT2D eigenvalue weighted by molar-refractivity contribution is 6.34. The molecule has 0 aliphatic carbocycles. The van der Waals surface area contributed by atoms with Gasteiger partial charge < -0.3 is 5.73 Å². The summed E-state index contributed by atoms with van der Waals surface area (Å²) in [6, 6.07) is 5.40. The third kappa shape index (κ3) is 4.51. The zero-order valence-electron chi connectivity index (χ0n) is 10.4. The number of hydrogen-bond acceptors (Lipinski definition) is 2. The van der Waals surface area contributed by atoms with Crippen LogP contribution in [0.1, 0.15) is 31.4 Å². The third-order valence-electron chi connectivity index (χ3n) is 2.70.